The van der Waals surface area contributed by atoms with E-state index in [-0.39, 0.29) is 40.5 Å². The van der Waals surface area contributed by atoms with E-state index in [0.29, 0.717) is 31.1 Å². The van der Waals surface area contributed by atoms with Gasteiger partial charge in [0.15, 0.2) is 0 Å². The Hall–Kier alpha value is -0.740. The number of esters is 1. The third-order valence-corrected chi connectivity index (χ3v) is 11.4. The maximum Gasteiger partial charge on any atom is 0.333 e. The number of aliphatic hydroxyl groups excluding tert-OH is 2. The Balaban J connectivity index is 1.66. The van der Waals surface area contributed by atoms with E-state index >= 15 is 0 Å². The van der Waals surface area contributed by atoms with Crippen LogP contribution in [0.1, 0.15) is 78.6 Å². The number of carbonyl (C=O) groups is 1. The number of nitrogens with one attached hydrogen (secondary N) is 1. The molecule has 0 bridgehead atoms. The molecule has 0 amide bonds. The SMILES string of the molecule is COC(=O)CC[C@@H](C)[C@H]1CC[C@H]2[C@@H]3[C@H](NS(=O)(=O)O)[C@H](O)C4C[C@H](O)CCC4(C)[C@H]3CCC12C. The summed E-state index contributed by atoms with van der Waals surface area (Å²) < 4.78 is 41.0. The van der Waals surface area contributed by atoms with Gasteiger partial charge in [0.05, 0.1) is 25.4 Å². The monoisotopic (exact) mass is 501 g/mol. The van der Waals surface area contributed by atoms with Crippen molar-refractivity contribution in [2.24, 2.45) is 46.3 Å². The summed E-state index contributed by atoms with van der Waals surface area (Å²) >= 11 is 0. The number of rotatable bonds is 6. The molecule has 0 aromatic rings. The van der Waals surface area contributed by atoms with Crippen molar-refractivity contribution < 1.29 is 32.7 Å². The Kier molecular flexibility index (Phi) is 7.19. The number of carbonyl (C=O) groups excluding carboxylic acids is 1. The average Bonchev–Trinajstić information content (AvgIpc) is 3.12. The van der Waals surface area contributed by atoms with Crippen LogP contribution in [0.25, 0.3) is 0 Å². The zero-order chi connectivity index (χ0) is 25.1. The second-order valence-corrected chi connectivity index (χ2v) is 13.4. The van der Waals surface area contributed by atoms with Gasteiger partial charge in [0.25, 0.3) is 0 Å². The summed E-state index contributed by atoms with van der Waals surface area (Å²) in [5.41, 5.74) is -0.191. The van der Waals surface area contributed by atoms with Crippen molar-refractivity contribution in [2.45, 2.75) is 96.8 Å². The molecule has 34 heavy (non-hydrogen) atoms. The molecule has 0 aliphatic heterocycles. The molecule has 11 atom stereocenters. The van der Waals surface area contributed by atoms with Gasteiger partial charge in [-0.15, -0.1) is 0 Å². The van der Waals surface area contributed by atoms with Crippen molar-refractivity contribution >= 4 is 16.3 Å². The van der Waals surface area contributed by atoms with Crippen molar-refractivity contribution in [1.82, 2.24) is 4.72 Å². The van der Waals surface area contributed by atoms with Crippen molar-refractivity contribution in [3.63, 3.8) is 0 Å². The number of hydrogen-bond acceptors (Lipinski definition) is 6. The summed E-state index contributed by atoms with van der Waals surface area (Å²) in [5.74, 6) is 0.694. The lowest BCUT2D eigenvalue weighted by Gasteiger charge is -2.64. The fourth-order valence-electron chi connectivity index (χ4n) is 9.22. The van der Waals surface area contributed by atoms with Crippen LogP contribution in [0.4, 0.5) is 0 Å². The predicted octanol–water partition coefficient (Wildman–Crippen LogP) is 2.94. The van der Waals surface area contributed by atoms with Crippen LogP contribution in [0.15, 0.2) is 0 Å². The number of aliphatic hydroxyl groups is 2. The molecular weight excluding hydrogens is 458 g/mol. The second-order valence-electron chi connectivity index (χ2n) is 12.3. The topological polar surface area (TPSA) is 133 Å². The van der Waals surface area contributed by atoms with E-state index in [0.717, 1.165) is 38.5 Å². The maximum atomic E-state index is 12.0. The maximum absolute atomic E-state index is 12.0. The van der Waals surface area contributed by atoms with Crippen molar-refractivity contribution in [2.75, 3.05) is 7.11 Å². The average molecular weight is 502 g/mol. The first-order valence-corrected chi connectivity index (χ1v) is 14.4. The minimum Gasteiger partial charge on any atom is -0.469 e. The molecule has 4 N–H and O–H groups in total. The molecule has 4 aliphatic carbocycles. The highest BCUT2D eigenvalue weighted by Gasteiger charge is 2.65. The standard InChI is InChI=1S/C25H43NO7S/c1-14(5-8-20(28)33-4)16-6-7-17-21-18(10-12-24(16,17)2)25(3)11-9-15(27)13-19(25)23(29)22(21)26-34(30,31)32/h14-19,21-23,26-27,29H,5-13H2,1-4H3,(H,30,31,32)/t14-,15-,16-,17+,18+,19?,21+,22+,23-,24?,25?/m1/s1. The third kappa shape index (κ3) is 4.44. The van der Waals surface area contributed by atoms with Crippen LogP contribution in [-0.2, 0) is 19.8 Å². The summed E-state index contributed by atoms with van der Waals surface area (Å²) in [6.07, 6.45) is 5.63. The van der Waals surface area contributed by atoms with Crippen LogP contribution in [0, 0.1) is 46.3 Å². The molecule has 4 saturated carbocycles. The molecule has 8 nitrogen and oxygen atoms in total. The Morgan fingerprint density at radius 2 is 1.71 bits per heavy atom. The third-order valence-electron chi connectivity index (χ3n) is 10.8. The molecule has 0 aromatic carbocycles. The van der Waals surface area contributed by atoms with Gasteiger partial charge in [-0.25, -0.2) is 0 Å². The van der Waals surface area contributed by atoms with E-state index in [2.05, 4.69) is 25.5 Å². The van der Waals surface area contributed by atoms with Gasteiger partial charge in [-0.05, 0) is 97.7 Å². The van der Waals surface area contributed by atoms with Crippen molar-refractivity contribution in [3.05, 3.63) is 0 Å². The highest BCUT2D eigenvalue weighted by molar-refractivity contribution is 7.83. The molecule has 0 radical (unpaired) electrons. The molecule has 4 rings (SSSR count). The summed E-state index contributed by atoms with van der Waals surface area (Å²) in [4.78, 5) is 11.7. The summed E-state index contributed by atoms with van der Waals surface area (Å²) in [5, 5.41) is 21.9. The van der Waals surface area contributed by atoms with Gasteiger partial charge in [-0.2, -0.15) is 13.1 Å². The number of methoxy groups -OCH3 is 1. The number of ether oxygens (including phenoxy) is 1. The number of hydrogen-bond donors (Lipinski definition) is 4. The lowest BCUT2D eigenvalue weighted by molar-refractivity contribution is -0.184. The van der Waals surface area contributed by atoms with Gasteiger partial charge >= 0.3 is 16.3 Å². The van der Waals surface area contributed by atoms with Gasteiger partial charge in [-0.3, -0.25) is 9.35 Å². The highest BCUT2D eigenvalue weighted by atomic mass is 32.2. The highest BCUT2D eigenvalue weighted by Crippen LogP contribution is 2.68. The van der Waals surface area contributed by atoms with Gasteiger partial charge in [-0.1, -0.05) is 20.8 Å². The second kappa shape index (κ2) is 9.29. The van der Waals surface area contributed by atoms with E-state index in [1.807, 2.05) is 0 Å². The lowest BCUT2D eigenvalue weighted by Crippen LogP contribution is -2.68. The lowest BCUT2D eigenvalue weighted by atomic mass is 9.42. The minimum atomic E-state index is -4.50. The molecule has 3 unspecified atom stereocenters. The molecule has 0 saturated heterocycles. The Morgan fingerprint density at radius 1 is 1.06 bits per heavy atom. The quantitative estimate of drug-likeness (QED) is 0.325. The number of fused-ring (bicyclic) bond motifs is 5. The van der Waals surface area contributed by atoms with Crippen LogP contribution >= 0.6 is 0 Å². The molecule has 9 heteroatoms. The minimum absolute atomic E-state index is 0.0209. The largest absolute Gasteiger partial charge is 0.469 e. The molecule has 196 valence electrons. The fraction of sp³-hybridized carbons (Fsp3) is 0.960. The fourth-order valence-corrected chi connectivity index (χ4v) is 9.86. The Morgan fingerprint density at radius 3 is 2.35 bits per heavy atom. The zero-order valence-corrected chi connectivity index (χ0v) is 21.8. The normalized spacial score (nSPS) is 47.3. The van der Waals surface area contributed by atoms with Gasteiger partial charge in [0, 0.05) is 6.42 Å². The van der Waals surface area contributed by atoms with E-state index in [1.54, 1.807) is 0 Å². The first kappa shape index (κ1) is 26.3. The smallest absolute Gasteiger partial charge is 0.333 e. The van der Waals surface area contributed by atoms with Crippen molar-refractivity contribution in [1.29, 1.82) is 0 Å². The van der Waals surface area contributed by atoms with Crippen LogP contribution in [-0.4, -0.2) is 54.5 Å². The van der Waals surface area contributed by atoms with Crippen LogP contribution in [0.2, 0.25) is 0 Å². The van der Waals surface area contributed by atoms with Gasteiger partial charge in [0.2, 0.25) is 0 Å². The Labute approximate surface area is 204 Å². The Bertz CT molecular complexity index is 880. The molecule has 4 fully saturated rings. The molecule has 0 heterocycles. The molecule has 0 spiro atoms. The van der Waals surface area contributed by atoms with Crippen molar-refractivity contribution in [3.8, 4) is 0 Å². The van der Waals surface area contributed by atoms with E-state index in [9.17, 15) is 28.0 Å². The summed E-state index contributed by atoms with van der Waals surface area (Å²) in [6.45, 7) is 6.75. The van der Waals surface area contributed by atoms with E-state index in [1.165, 1.54) is 7.11 Å². The first-order chi connectivity index (χ1) is 15.8. The summed E-state index contributed by atoms with van der Waals surface area (Å²) in [6, 6.07) is -0.767. The first-order valence-electron chi connectivity index (χ1n) is 13.0. The zero-order valence-electron chi connectivity index (χ0n) is 20.9. The summed E-state index contributed by atoms with van der Waals surface area (Å²) in [7, 11) is -3.09. The van der Waals surface area contributed by atoms with Gasteiger partial charge in [0.1, 0.15) is 0 Å². The molecular formula is C25H43NO7S. The molecule has 4 aliphatic rings. The van der Waals surface area contributed by atoms with Crippen LogP contribution in [0.5, 0.6) is 0 Å². The van der Waals surface area contributed by atoms with E-state index < -0.39 is 28.6 Å². The molecule has 0 aromatic heterocycles. The van der Waals surface area contributed by atoms with Gasteiger partial charge < -0.3 is 14.9 Å². The van der Waals surface area contributed by atoms with Crippen LogP contribution < -0.4 is 4.72 Å². The van der Waals surface area contributed by atoms with E-state index in [4.69, 9.17) is 4.74 Å². The predicted molar refractivity (Wildman–Crippen MR) is 127 cm³/mol. The van der Waals surface area contributed by atoms with Crippen LogP contribution in [0.3, 0.4) is 0 Å².